The van der Waals surface area contributed by atoms with Crippen LogP contribution >= 0.6 is 0 Å². The number of benzene rings is 2. The minimum Gasteiger partial charge on any atom is -0.369 e. The van der Waals surface area contributed by atoms with E-state index in [1.165, 1.54) is 0 Å². The van der Waals surface area contributed by atoms with Crippen molar-refractivity contribution in [2.45, 2.75) is 25.3 Å². The lowest BCUT2D eigenvalue weighted by molar-refractivity contribution is -0.148. The minimum atomic E-state index is -0.649. The number of anilines is 2. The van der Waals surface area contributed by atoms with Crippen LogP contribution in [0.5, 0.6) is 0 Å². The van der Waals surface area contributed by atoms with Crippen molar-refractivity contribution in [3.63, 3.8) is 0 Å². The van der Waals surface area contributed by atoms with Gasteiger partial charge in [0.2, 0.25) is 5.95 Å². The first-order valence-electron chi connectivity index (χ1n) is 11.8. The number of hydroxylamine groups is 1. The Hall–Kier alpha value is -4.47. The maximum atomic E-state index is 12.4. The summed E-state index contributed by atoms with van der Waals surface area (Å²) in [5.74, 6) is -0.831. The molecule has 10 nitrogen and oxygen atoms in total. The molecule has 1 aliphatic rings. The molecule has 10 heteroatoms. The number of hydrogen-bond donors (Lipinski definition) is 3. The maximum absolute atomic E-state index is 12.4. The molecule has 2 amide bonds. The Bertz CT molecular complexity index is 1160. The van der Waals surface area contributed by atoms with E-state index in [0.717, 1.165) is 31.6 Å². The van der Waals surface area contributed by atoms with Crippen LogP contribution in [-0.4, -0.2) is 53.4 Å². The van der Waals surface area contributed by atoms with Crippen molar-refractivity contribution >= 4 is 29.4 Å². The first-order valence-corrected chi connectivity index (χ1v) is 11.8. The van der Waals surface area contributed by atoms with Crippen LogP contribution in [0.25, 0.3) is 0 Å². The quantitative estimate of drug-likeness (QED) is 0.413. The molecular weight excluding hydrogens is 460 g/mol. The Balaban J connectivity index is 1.19. The van der Waals surface area contributed by atoms with Crippen LogP contribution in [0.1, 0.15) is 40.0 Å². The number of aromatic nitrogens is 2. The largest absolute Gasteiger partial charge is 0.369 e. The summed E-state index contributed by atoms with van der Waals surface area (Å²) in [5.41, 5.74) is 4.01. The van der Waals surface area contributed by atoms with E-state index in [2.05, 4.69) is 31.0 Å². The van der Waals surface area contributed by atoms with Crippen molar-refractivity contribution in [2.24, 2.45) is 0 Å². The zero-order valence-corrected chi connectivity index (χ0v) is 19.7. The lowest BCUT2D eigenvalue weighted by atomic mass is 10.0. The highest BCUT2D eigenvalue weighted by Crippen LogP contribution is 2.22. The number of nitrogens with zero attached hydrogens (tertiary/aromatic N) is 3. The number of rotatable bonds is 8. The highest BCUT2D eigenvalue weighted by molar-refractivity contribution is 5.95. The average molecular weight is 489 g/mol. The summed E-state index contributed by atoms with van der Waals surface area (Å²) in [5, 5.41) is 6.07. The van der Waals surface area contributed by atoms with Gasteiger partial charge in [0, 0.05) is 54.9 Å². The number of piperidine rings is 1. The molecule has 1 fully saturated rings. The maximum Gasteiger partial charge on any atom is 0.334 e. The van der Waals surface area contributed by atoms with Gasteiger partial charge >= 0.3 is 5.97 Å². The zero-order valence-electron chi connectivity index (χ0n) is 19.7. The summed E-state index contributed by atoms with van der Waals surface area (Å²) in [6.07, 6.45) is 5.42. The number of amides is 2. The third-order valence-electron chi connectivity index (χ3n) is 5.72. The average Bonchev–Trinajstić information content (AvgIpc) is 2.93. The molecule has 1 saturated heterocycles. The molecule has 3 N–H and O–H groups in total. The topological polar surface area (TPSA) is 126 Å². The molecule has 1 aromatic heterocycles. The molecule has 2 heterocycles. The van der Waals surface area contributed by atoms with Crippen LogP contribution in [0.15, 0.2) is 73.1 Å². The third kappa shape index (κ3) is 7.02. The molecule has 4 rings (SSSR count). The molecule has 0 radical (unpaired) electrons. The normalized spacial score (nSPS) is 15.0. The van der Waals surface area contributed by atoms with E-state index in [1.807, 2.05) is 12.1 Å². The molecule has 2 aromatic carbocycles. The molecule has 0 saturated carbocycles. The first kappa shape index (κ1) is 24.6. The second-order valence-corrected chi connectivity index (χ2v) is 8.33. The van der Waals surface area contributed by atoms with Gasteiger partial charge in [0.15, 0.2) is 0 Å². The predicted octanol–water partition coefficient (Wildman–Crippen LogP) is 2.57. The minimum absolute atomic E-state index is 0.0772. The van der Waals surface area contributed by atoms with Crippen LogP contribution in [0.3, 0.4) is 0 Å². The second kappa shape index (κ2) is 12.3. The molecule has 0 bridgehead atoms. The fourth-order valence-corrected chi connectivity index (χ4v) is 3.89. The zero-order chi connectivity index (χ0) is 25.2. The Labute approximate surface area is 209 Å². The molecule has 0 unspecified atom stereocenters. The van der Waals surface area contributed by atoms with E-state index >= 15 is 0 Å². The lowest BCUT2D eigenvalue weighted by Gasteiger charge is -2.34. The van der Waals surface area contributed by atoms with E-state index in [0.29, 0.717) is 17.1 Å². The molecule has 1 atom stereocenters. The van der Waals surface area contributed by atoms with Gasteiger partial charge < -0.3 is 20.4 Å². The van der Waals surface area contributed by atoms with Crippen molar-refractivity contribution in [3.8, 4) is 0 Å². The standard InChI is InChI=1S/C26H28N6O4/c33-23(36-31-25(35)19-6-2-1-3-7-19)13-16-27-24(34)20-9-11-22(12-10-20)32-17-4-8-21(18-32)30-26-28-14-5-15-29-26/h1-3,5-7,9-12,14-15,21H,4,8,13,16-18H2,(H,27,34)(H,31,35)(H,28,29,30)/t21-/m0/s1. The summed E-state index contributed by atoms with van der Waals surface area (Å²) < 4.78 is 0. The molecule has 36 heavy (non-hydrogen) atoms. The number of hydrogen-bond acceptors (Lipinski definition) is 8. The van der Waals surface area contributed by atoms with Crippen LogP contribution in [0, 0.1) is 0 Å². The monoisotopic (exact) mass is 488 g/mol. The van der Waals surface area contributed by atoms with Gasteiger partial charge in [-0.3, -0.25) is 9.59 Å². The molecule has 0 aliphatic carbocycles. The van der Waals surface area contributed by atoms with Gasteiger partial charge in [0.05, 0.1) is 6.42 Å². The van der Waals surface area contributed by atoms with Crippen LogP contribution in [0.4, 0.5) is 11.6 Å². The van der Waals surface area contributed by atoms with Crippen molar-refractivity contribution in [3.05, 3.63) is 84.2 Å². The Kier molecular flexibility index (Phi) is 8.42. The van der Waals surface area contributed by atoms with Gasteiger partial charge in [-0.1, -0.05) is 18.2 Å². The van der Waals surface area contributed by atoms with Gasteiger partial charge in [-0.25, -0.2) is 14.8 Å². The summed E-state index contributed by atoms with van der Waals surface area (Å²) in [6, 6.07) is 17.8. The Morgan fingerprint density at radius 3 is 2.39 bits per heavy atom. The molecule has 0 spiro atoms. The van der Waals surface area contributed by atoms with Crippen LogP contribution in [0.2, 0.25) is 0 Å². The van der Waals surface area contributed by atoms with Crippen molar-refractivity contribution in [1.29, 1.82) is 0 Å². The molecule has 3 aromatic rings. The summed E-state index contributed by atoms with van der Waals surface area (Å²) in [4.78, 5) is 51.7. The SMILES string of the molecule is O=C(CCNC(=O)c1ccc(N2CCC[C@H](Nc3ncccn3)C2)cc1)ONC(=O)c1ccccc1. The van der Waals surface area contributed by atoms with Crippen LogP contribution in [-0.2, 0) is 9.63 Å². The number of carbonyl (C=O) groups excluding carboxylic acids is 3. The van der Waals surface area contributed by atoms with Gasteiger partial charge in [-0.15, -0.1) is 0 Å². The fraction of sp³-hybridized carbons (Fsp3) is 0.269. The number of carbonyl (C=O) groups is 3. The first-order chi connectivity index (χ1) is 17.6. The second-order valence-electron chi connectivity index (χ2n) is 8.33. The number of nitrogens with one attached hydrogen (secondary N) is 3. The van der Waals surface area contributed by atoms with Crippen molar-refractivity contribution in [2.75, 3.05) is 29.9 Å². The lowest BCUT2D eigenvalue weighted by Crippen LogP contribution is -2.42. The summed E-state index contributed by atoms with van der Waals surface area (Å²) >= 11 is 0. The van der Waals surface area contributed by atoms with Crippen molar-refractivity contribution in [1.82, 2.24) is 20.8 Å². The van der Waals surface area contributed by atoms with E-state index in [9.17, 15) is 14.4 Å². The van der Waals surface area contributed by atoms with Gasteiger partial charge in [-0.2, -0.15) is 5.48 Å². The Morgan fingerprint density at radius 2 is 1.64 bits per heavy atom. The summed E-state index contributed by atoms with van der Waals surface area (Å²) in [6.45, 7) is 1.83. The van der Waals surface area contributed by atoms with Gasteiger partial charge in [-0.05, 0) is 55.3 Å². The smallest absolute Gasteiger partial charge is 0.334 e. The molecule has 186 valence electrons. The molecule has 1 aliphatic heterocycles. The van der Waals surface area contributed by atoms with Crippen LogP contribution < -0.4 is 21.0 Å². The third-order valence-corrected chi connectivity index (χ3v) is 5.72. The van der Waals surface area contributed by atoms with E-state index in [1.54, 1.807) is 60.9 Å². The highest BCUT2D eigenvalue weighted by Gasteiger charge is 2.21. The van der Waals surface area contributed by atoms with E-state index in [-0.39, 0.29) is 24.9 Å². The fourth-order valence-electron chi connectivity index (χ4n) is 3.89. The predicted molar refractivity (Wildman–Crippen MR) is 134 cm³/mol. The molecular formula is C26H28N6O4. The highest BCUT2D eigenvalue weighted by atomic mass is 16.7. The Morgan fingerprint density at radius 1 is 0.917 bits per heavy atom. The van der Waals surface area contributed by atoms with Crippen molar-refractivity contribution < 1.29 is 19.2 Å². The van der Waals surface area contributed by atoms with Gasteiger partial charge in [0.25, 0.3) is 11.8 Å². The van der Waals surface area contributed by atoms with Gasteiger partial charge in [0.1, 0.15) is 0 Å². The van der Waals surface area contributed by atoms with E-state index < -0.39 is 11.9 Å². The van der Waals surface area contributed by atoms with E-state index in [4.69, 9.17) is 4.84 Å². The summed E-state index contributed by atoms with van der Waals surface area (Å²) in [7, 11) is 0.